The molecule has 0 amide bonds. The second kappa shape index (κ2) is 5.17. The maximum absolute atomic E-state index is 12.7. The number of rotatable bonds is 4. The second-order valence-electron chi connectivity index (χ2n) is 3.50. The Kier molecular flexibility index (Phi) is 3.42. The van der Waals surface area contributed by atoms with E-state index in [9.17, 15) is 14.5 Å². The molecule has 92 valence electrons. The summed E-state index contributed by atoms with van der Waals surface area (Å²) in [5.74, 6) is -0.0183. The molecule has 0 saturated heterocycles. The van der Waals surface area contributed by atoms with E-state index >= 15 is 0 Å². The van der Waals surface area contributed by atoms with Gasteiger partial charge in [-0.05, 0) is 17.7 Å². The van der Waals surface area contributed by atoms with Crippen LogP contribution in [-0.2, 0) is 6.54 Å². The molecule has 1 aromatic carbocycles. The van der Waals surface area contributed by atoms with Crippen molar-refractivity contribution in [1.82, 2.24) is 9.97 Å². The summed E-state index contributed by atoms with van der Waals surface area (Å²) < 4.78 is 12.7. The fourth-order valence-electron chi connectivity index (χ4n) is 1.29. The number of nitrogens with zero attached hydrogens (tertiary/aromatic N) is 3. The van der Waals surface area contributed by atoms with Crippen LogP contribution in [0.3, 0.4) is 0 Å². The van der Waals surface area contributed by atoms with Crippen molar-refractivity contribution in [3.8, 4) is 0 Å². The number of hydrogen-bond acceptors (Lipinski definition) is 5. The minimum Gasteiger partial charge on any atom is -0.350 e. The molecule has 0 aliphatic heterocycles. The minimum atomic E-state index is -0.566. The minimum absolute atomic E-state index is 0.165. The maximum atomic E-state index is 12.7. The van der Waals surface area contributed by atoms with E-state index in [0.29, 0.717) is 6.54 Å². The van der Waals surface area contributed by atoms with Crippen LogP contribution in [0.5, 0.6) is 0 Å². The van der Waals surface area contributed by atoms with Crippen LogP contribution < -0.4 is 5.32 Å². The van der Waals surface area contributed by atoms with Crippen molar-refractivity contribution in [2.45, 2.75) is 6.54 Å². The highest BCUT2D eigenvalue weighted by atomic mass is 19.1. The van der Waals surface area contributed by atoms with E-state index in [1.54, 1.807) is 12.1 Å². The van der Waals surface area contributed by atoms with Crippen molar-refractivity contribution in [2.24, 2.45) is 0 Å². The van der Waals surface area contributed by atoms with Gasteiger partial charge in [-0.3, -0.25) is 10.1 Å². The number of halogens is 1. The van der Waals surface area contributed by atoms with Crippen molar-refractivity contribution in [3.63, 3.8) is 0 Å². The largest absolute Gasteiger partial charge is 0.350 e. The Morgan fingerprint density at radius 3 is 2.39 bits per heavy atom. The van der Waals surface area contributed by atoms with E-state index in [1.165, 1.54) is 12.1 Å². The summed E-state index contributed by atoms with van der Waals surface area (Å²) in [5.41, 5.74) is 0.695. The van der Waals surface area contributed by atoms with Gasteiger partial charge in [-0.1, -0.05) is 12.1 Å². The van der Waals surface area contributed by atoms with Crippen LogP contribution in [0, 0.1) is 15.9 Å². The predicted octanol–water partition coefficient (Wildman–Crippen LogP) is 2.14. The molecule has 0 unspecified atom stereocenters. The first-order chi connectivity index (χ1) is 8.65. The van der Waals surface area contributed by atoms with Crippen molar-refractivity contribution < 1.29 is 9.31 Å². The molecule has 1 aromatic heterocycles. The third-order valence-electron chi connectivity index (χ3n) is 2.21. The topological polar surface area (TPSA) is 81.0 Å². The molecule has 1 heterocycles. The average Bonchev–Trinajstić information content (AvgIpc) is 2.38. The van der Waals surface area contributed by atoms with Gasteiger partial charge in [0.1, 0.15) is 18.2 Å². The van der Waals surface area contributed by atoms with Gasteiger partial charge in [0.15, 0.2) is 0 Å². The van der Waals surface area contributed by atoms with Gasteiger partial charge in [0.25, 0.3) is 0 Å². The Morgan fingerprint density at radius 2 is 1.83 bits per heavy atom. The highest BCUT2D eigenvalue weighted by molar-refractivity contribution is 5.32. The number of benzene rings is 1. The van der Waals surface area contributed by atoms with E-state index < -0.39 is 4.92 Å². The van der Waals surface area contributed by atoms with Crippen LogP contribution in [0.15, 0.2) is 36.7 Å². The number of hydrogen-bond donors (Lipinski definition) is 1. The van der Waals surface area contributed by atoms with Crippen LogP contribution in [0.4, 0.5) is 16.0 Å². The molecular weight excluding hydrogens is 239 g/mol. The van der Waals surface area contributed by atoms with Crippen LogP contribution in [0.25, 0.3) is 0 Å². The van der Waals surface area contributed by atoms with E-state index in [-0.39, 0.29) is 17.5 Å². The third-order valence-corrected chi connectivity index (χ3v) is 2.21. The third kappa shape index (κ3) is 2.97. The summed E-state index contributed by atoms with van der Waals surface area (Å²) in [5, 5.41) is 13.3. The molecular formula is C11H9FN4O2. The smallest absolute Gasteiger partial charge is 0.305 e. The van der Waals surface area contributed by atoms with E-state index in [1.807, 2.05) is 0 Å². The lowest BCUT2D eigenvalue weighted by atomic mass is 10.2. The zero-order chi connectivity index (χ0) is 13.0. The molecule has 0 saturated carbocycles. The summed E-state index contributed by atoms with van der Waals surface area (Å²) in [4.78, 5) is 17.4. The van der Waals surface area contributed by atoms with Gasteiger partial charge in [-0.2, -0.15) is 0 Å². The lowest BCUT2D eigenvalue weighted by Crippen LogP contribution is -2.03. The molecule has 0 aliphatic carbocycles. The van der Waals surface area contributed by atoms with E-state index in [2.05, 4.69) is 15.3 Å². The monoisotopic (exact) mass is 248 g/mol. The van der Waals surface area contributed by atoms with E-state index in [0.717, 1.165) is 18.0 Å². The fraction of sp³-hybridized carbons (Fsp3) is 0.0909. The first kappa shape index (κ1) is 11.9. The summed E-state index contributed by atoms with van der Waals surface area (Å²) in [6.45, 7) is 0.415. The standard InChI is InChI=1S/C11H9FN4O2/c12-9-3-1-8(2-4-9)5-13-11-14-6-10(7-15-11)16(17)18/h1-4,6-7H,5H2,(H,13,14,15). The van der Waals surface area contributed by atoms with Gasteiger partial charge in [-0.25, -0.2) is 14.4 Å². The average molecular weight is 248 g/mol. The van der Waals surface area contributed by atoms with Crippen molar-refractivity contribution >= 4 is 11.6 Å². The van der Waals surface area contributed by atoms with Crippen molar-refractivity contribution in [2.75, 3.05) is 5.32 Å². The first-order valence-electron chi connectivity index (χ1n) is 5.10. The summed E-state index contributed by atoms with van der Waals surface area (Å²) in [6, 6.07) is 5.98. The second-order valence-corrected chi connectivity index (χ2v) is 3.50. The lowest BCUT2D eigenvalue weighted by molar-refractivity contribution is -0.385. The Morgan fingerprint density at radius 1 is 1.22 bits per heavy atom. The summed E-state index contributed by atoms with van der Waals surface area (Å²) in [6.07, 6.45) is 2.25. The number of aromatic nitrogens is 2. The Labute approximate surface area is 102 Å². The Hall–Kier alpha value is -2.57. The molecule has 0 atom stereocenters. The van der Waals surface area contributed by atoms with E-state index in [4.69, 9.17) is 0 Å². The van der Waals surface area contributed by atoms with Gasteiger partial charge < -0.3 is 5.32 Å². The van der Waals surface area contributed by atoms with Gasteiger partial charge in [0.2, 0.25) is 5.95 Å². The molecule has 0 aliphatic rings. The summed E-state index contributed by atoms with van der Waals surface area (Å²) in [7, 11) is 0. The van der Waals surface area contributed by atoms with Crippen LogP contribution in [0.2, 0.25) is 0 Å². The van der Waals surface area contributed by atoms with Gasteiger partial charge >= 0.3 is 5.69 Å². The molecule has 2 rings (SSSR count). The normalized spacial score (nSPS) is 10.1. The molecule has 6 nitrogen and oxygen atoms in total. The first-order valence-corrected chi connectivity index (χ1v) is 5.10. The van der Waals surface area contributed by atoms with Crippen LogP contribution >= 0.6 is 0 Å². The van der Waals surface area contributed by atoms with Crippen LogP contribution in [-0.4, -0.2) is 14.9 Å². The molecule has 18 heavy (non-hydrogen) atoms. The zero-order valence-electron chi connectivity index (χ0n) is 9.21. The molecule has 2 aromatic rings. The molecule has 0 fully saturated rings. The quantitative estimate of drug-likeness (QED) is 0.662. The highest BCUT2D eigenvalue weighted by Gasteiger charge is 2.06. The predicted molar refractivity (Wildman–Crippen MR) is 62.4 cm³/mol. The fourth-order valence-corrected chi connectivity index (χ4v) is 1.29. The SMILES string of the molecule is O=[N+]([O-])c1cnc(NCc2ccc(F)cc2)nc1. The van der Waals surface area contributed by atoms with Gasteiger partial charge in [0, 0.05) is 6.54 Å². The maximum Gasteiger partial charge on any atom is 0.305 e. The van der Waals surface area contributed by atoms with Gasteiger partial charge in [-0.15, -0.1) is 0 Å². The van der Waals surface area contributed by atoms with Gasteiger partial charge in [0.05, 0.1) is 4.92 Å². The molecule has 0 spiro atoms. The Balaban J connectivity index is 1.97. The number of nitrogens with one attached hydrogen (secondary N) is 1. The Bertz CT molecular complexity index is 542. The highest BCUT2D eigenvalue weighted by Crippen LogP contribution is 2.09. The summed E-state index contributed by atoms with van der Waals surface area (Å²) >= 11 is 0. The number of nitro groups is 1. The number of anilines is 1. The van der Waals surface area contributed by atoms with Crippen molar-refractivity contribution in [1.29, 1.82) is 0 Å². The van der Waals surface area contributed by atoms with Crippen molar-refractivity contribution in [3.05, 3.63) is 58.2 Å². The zero-order valence-corrected chi connectivity index (χ0v) is 9.21. The lowest BCUT2D eigenvalue weighted by Gasteiger charge is -2.03. The molecule has 0 bridgehead atoms. The molecule has 1 N–H and O–H groups in total. The van der Waals surface area contributed by atoms with Crippen LogP contribution in [0.1, 0.15) is 5.56 Å². The molecule has 7 heteroatoms. The molecule has 0 radical (unpaired) electrons.